The number of cyclic esters (lactones) is 1. The molecule has 3 rings (SSSR count). The maximum Gasteiger partial charge on any atom is 0.311 e. The smallest absolute Gasteiger partial charge is 0.311 e. The zero-order valence-corrected chi connectivity index (χ0v) is 40.6. The van der Waals surface area contributed by atoms with Gasteiger partial charge in [0.1, 0.15) is 36.1 Å². The molecular weight excluding hydrogens is 819 g/mol. The van der Waals surface area contributed by atoms with Crippen LogP contribution in [-0.2, 0) is 42.8 Å². The number of likely N-dealkylation sites (N-methyl/N-ethyl adjacent to an activating group) is 2. The summed E-state index contributed by atoms with van der Waals surface area (Å²) in [4.78, 5) is 44.0. The number of amides is 2. The lowest BCUT2D eigenvalue weighted by Crippen LogP contribution is -2.62. The largest absolute Gasteiger partial charge is 0.459 e. The number of ether oxygens (including phenoxy) is 6. The first-order valence-electron chi connectivity index (χ1n) is 22.9. The number of nitrogens with zero attached hydrogens (tertiary/aromatic N) is 2. The van der Waals surface area contributed by atoms with Gasteiger partial charge in [0.15, 0.2) is 12.6 Å². The number of rotatable bonds is 12. The van der Waals surface area contributed by atoms with Gasteiger partial charge in [-0.25, -0.2) is 0 Å². The number of esters is 1. The highest BCUT2D eigenvalue weighted by atomic mass is 16.7. The molecule has 3 aliphatic rings. The zero-order chi connectivity index (χ0) is 47.9. The lowest BCUT2D eigenvalue weighted by molar-refractivity contribution is -0.317. The Morgan fingerprint density at radius 3 is 2.21 bits per heavy atom. The summed E-state index contributed by atoms with van der Waals surface area (Å²) in [5.41, 5.74) is -4.64. The molecule has 0 saturated carbocycles. The van der Waals surface area contributed by atoms with E-state index in [0.29, 0.717) is 6.54 Å². The van der Waals surface area contributed by atoms with Crippen LogP contribution in [0.25, 0.3) is 0 Å². The Labute approximate surface area is 376 Å². The molecule has 2 amide bonds. The van der Waals surface area contributed by atoms with E-state index in [-0.39, 0.29) is 43.9 Å². The van der Waals surface area contributed by atoms with Gasteiger partial charge < -0.3 is 69.1 Å². The molecule has 3 saturated heterocycles. The molecule has 0 bridgehead atoms. The molecule has 6 N–H and O–H groups in total. The van der Waals surface area contributed by atoms with Gasteiger partial charge in [0.05, 0.1) is 47.6 Å². The topological polar surface area (TPSA) is 226 Å². The van der Waals surface area contributed by atoms with Crippen LogP contribution < -0.4 is 5.32 Å². The molecule has 63 heavy (non-hydrogen) atoms. The van der Waals surface area contributed by atoms with Crippen LogP contribution in [0.5, 0.6) is 0 Å². The van der Waals surface area contributed by atoms with E-state index in [0.717, 1.165) is 6.42 Å². The molecular formula is C46H83N3O14. The second kappa shape index (κ2) is 22.9. The molecule has 3 fully saturated rings. The van der Waals surface area contributed by atoms with Crippen molar-refractivity contribution >= 4 is 17.8 Å². The van der Waals surface area contributed by atoms with Crippen molar-refractivity contribution in [3.8, 4) is 0 Å². The standard InChI is InChI=1S/C46H83N3O14/c1-16-18-19-20-34(50)47-29(7)41(54)49(14)32-21-26(4)59-43(36(32)51)63-40-27(5)37(62-35-23-45(11,58-15)39(53)31(9)60-35)28(6)42(55)61-33(17-2)46(12,57)38(52)30(8)48(13)24-25(3)22-44(40,10)56/h18-19,25-33,35-40,43,51-53,56-57H,16-17,20-24H2,1-15H3,(H,47,50)/b19-18-/t25-,26-,27+,28-,29?,30-,31+,32+,33-,35+,36-,37+,38-,39+,40-,43+,44-,45-,46-/m1/s1. The highest BCUT2D eigenvalue weighted by molar-refractivity contribution is 5.87. The Balaban J connectivity index is 2.13. The van der Waals surface area contributed by atoms with Crippen molar-refractivity contribution in [3.63, 3.8) is 0 Å². The quantitative estimate of drug-likeness (QED) is 0.122. The Hall–Kier alpha value is -2.29. The third kappa shape index (κ3) is 13.4. The number of nitrogens with one attached hydrogen (secondary N) is 1. The summed E-state index contributed by atoms with van der Waals surface area (Å²) < 4.78 is 37.8. The molecule has 3 aliphatic heterocycles. The number of hydrogen-bond acceptors (Lipinski definition) is 15. The SMILES string of the molecule is CC/C=C\CC(=O)NC(C)C(=O)N(C)[C@H]1C[C@@H](C)O[C@@H](O[C@@H]2[C@@H](C)[C@H](O[C@H]3C[C@@](C)(OC)[C@@H](O)[C@H](C)O3)[C@@H](C)C(=O)O[C@H](CC)[C@@](C)(O)[C@H](O)[C@@H](C)N(C)C[C@H](C)C[C@@]2(C)O)[C@@H]1O. The summed E-state index contributed by atoms with van der Waals surface area (Å²) in [6, 6.07) is -2.31. The zero-order valence-electron chi connectivity index (χ0n) is 40.6. The van der Waals surface area contributed by atoms with Crippen LogP contribution in [-0.4, -0.2) is 177 Å². The molecule has 19 atom stereocenters. The summed E-state index contributed by atoms with van der Waals surface area (Å²) in [5, 5.41) is 61.9. The second-order valence-electron chi connectivity index (χ2n) is 19.5. The fraction of sp³-hybridized carbons (Fsp3) is 0.891. The minimum absolute atomic E-state index is 0.0694. The summed E-state index contributed by atoms with van der Waals surface area (Å²) >= 11 is 0. The highest BCUT2D eigenvalue weighted by Gasteiger charge is 2.53. The number of carbonyl (C=O) groups excluding carboxylic acids is 3. The molecule has 0 spiro atoms. The van der Waals surface area contributed by atoms with E-state index in [9.17, 15) is 39.9 Å². The van der Waals surface area contributed by atoms with Gasteiger partial charge in [-0.05, 0) is 94.0 Å². The highest BCUT2D eigenvalue weighted by Crippen LogP contribution is 2.40. The van der Waals surface area contributed by atoms with Crippen LogP contribution in [0.3, 0.4) is 0 Å². The molecule has 0 aliphatic carbocycles. The summed E-state index contributed by atoms with van der Waals surface area (Å²) in [6.45, 7) is 21.0. The van der Waals surface area contributed by atoms with E-state index in [1.165, 1.54) is 18.9 Å². The Morgan fingerprint density at radius 1 is 0.984 bits per heavy atom. The Kier molecular flexibility index (Phi) is 20.0. The maximum absolute atomic E-state index is 14.4. The summed E-state index contributed by atoms with van der Waals surface area (Å²) in [6.07, 6.45) is -5.76. The first-order valence-corrected chi connectivity index (χ1v) is 22.9. The lowest BCUT2D eigenvalue weighted by Gasteiger charge is -2.49. The third-order valence-electron chi connectivity index (χ3n) is 13.8. The van der Waals surface area contributed by atoms with E-state index >= 15 is 0 Å². The van der Waals surface area contributed by atoms with E-state index in [2.05, 4.69) is 5.32 Å². The fourth-order valence-corrected chi connectivity index (χ4v) is 9.80. The van der Waals surface area contributed by atoms with E-state index in [1.807, 2.05) is 24.8 Å². The average molecular weight is 902 g/mol. The first kappa shape index (κ1) is 55.0. The van der Waals surface area contributed by atoms with Gasteiger partial charge in [-0.2, -0.15) is 0 Å². The van der Waals surface area contributed by atoms with Crippen LogP contribution in [0.2, 0.25) is 0 Å². The van der Waals surface area contributed by atoms with Crippen LogP contribution in [0.15, 0.2) is 12.2 Å². The van der Waals surface area contributed by atoms with Crippen LogP contribution in [0.1, 0.15) is 122 Å². The predicted octanol–water partition coefficient (Wildman–Crippen LogP) is 2.66. The lowest BCUT2D eigenvalue weighted by atomic mass is 9.77. The summed E-state index contributed by atoms with van der Waals surface area (Å²) in [5.74, 6) is -3.72. The van der Waals surface area contributed by atoms with Gasteiger partial charge in [-0.15, -0.1) is 0 Å². The van der Waals surface area contributed by atoms with E-state index in [4.69, 9.17) is 28.4 Å². The van der Waals surface area contributed by atoms with Crippen molar-refractivity contribution in [1.82, 2.24) is 15.1 Å². The molecule has 366 valence electrons. The molecule has 0 aromatic heterocycles. The van der Waals surface area contributed by atoms with Crippen LogP contribution in [0, 0.1) is 17.8 Å². The Bertz CT molecular complexity index is 1520. The molecule has 1 unspecified atom stereocenters. The van der Waals surface area contributed by atoms with Crippen molar-refractivity contribution in [1.29, 1.82) is 0 Å². The second-order valence-corrected chi connectivity index (χ2v) is 19.5. The molecule has 17 heteroatoms. The Morgan fingerprint density at radius 2 is 1.62 bits per heavy atom. The predicted molar refractivity (Wildman–Crippen MR) is 235 cm³/mol. The number of methoxy groups -OCH3 is 1. The normalized spacial score (nSPS) is 43.4. The molecule has 17 nitrogen and oxygen atoms in total. The minimum Gasteiger partial charge on any atom is -0.459 e. The third-order valence-corrected chi connectivity index (χ3v) is 13.8. The molecule has 0 aromatic rings. The van der Waals surface area contributed by atoms with Gasteiger partial charge in [-0.1, -0.05) is 39.8 Å². The van der Waals surface area contributed by atoms with Crippen molar-refractivity contribution in [2.45, 2.75) is 218 Å². The molecule has 3 heterocycles. The van der Waals surface area contributed by atoms with E-state index < -0.39 is 120 Å². The maximum atomic E-state index is 14.4. The van der Waals surface area contributed by atoms with Gasteiger partial charge in [0, 0.05) is 45.5 Å². The van der Waals surface area contributed by atoms with Gasteiger partial charge in [0.2, 0.25) is 11.8 Å². The minimum atomic E-state index is -1.86. The number of carbonyl (C=O) groups is 3. The van der Waals surface area contributed by atoms with Crippen molar-refractivity contribution in [3.05, 3.63) is 12.2 Å². The number of allylic oxidation sites excluding steroid dienone is 1. The van der Waals surface area contributed by atoms with E-state index in [1.54, 1.807) is 82.5 Å². The first-order chi connectivity index (χ1) is 29.2. The monoisotopic (exact) mass is 902 g/mol. The van der Waals surface area contributed by atoms with Crippen LogP contribution >= 0.6 is 0 Å². The number of aliphatic hydroxyl groups excluding tert-OH is 3. The van der Waals surface area contributed by atoms with Crippen molar-refractivity contribution in [2.75, 3.05) is 27.7 Å². The fourth-order valence-electron chi connectivity index (χ4n) is 9.80. The van der Waals surface area contributed by atoms with Gasteiger partial charge in [-0.3, -0.25) is 14.4 Å². The molecule has 0 aromatic carbocycles. The molecule has 0 radical (unpaired) electrons. The van der Waals surface area contributed by atoms with Gasteiger partial charge in [0.25, 0.3) is 0 Å². The van der Waals surface area contributed by atoms with Crippen molar-refractivity contribution in [2.24, 2.45) is 17.8 Å². The summed E-state index contributed by atoms with van der Waals surface area (Å²) in [7, 11) is 4.84. The number of hydrogen-bond donors (Lipinski definition) is 6. The van der Waals surface area contributed by atoms with Crippen molar-refractivity contribution < 1.29 is 68.3 Å². The van der Waals surface area contributed by atoms with Gasteiger partial charge >= 0.3 is 5.97 Å². The number of aliphatic hydroxyl groups is 5. The van der Waals surface area contributed by atoms with Crippen LogP contribution in [0.4, 0.5) is 0 Å². The average Bonchev–Trinajstić information content (AvgIpc) is 3.21.